The minimum absolute atomic E-state index is 0.168. The van der Waals surface area contributed by atoms with E-state index in [2.05, 4.69) is 5.32 Å². The molecule has 1 aliphatic rings. The van der Waals surface area contributed by atoms with Crippen LogP contribution in [0.2, 0.25) is 5.02 Å². The van der Waals surface area contributed by atoms with Crippen molar-refractivity contribution < 1.29 is 23.4 Å². The second-order valence-electron chi connectivity index (χ2n) is 5.51. The summed E-state index contributed by atoms with van der Waals surface area (Å²) in [6.07, 6.45) is 0. The van der Waals surface area contributed by atoms with Gasteiger partial charge in [-0.2, -0.15) is 0 Å². The molecule has 4 rings (SSSR count). The third kappa shape index (κ3) is 3.45. The highest BCUT2D eigenvalue weighted by atomic mass is 35.5. The zero-order valence-electron chi connectivity index (χ0n) is 13.5. The Labute approximate surface area is 154 Å². The van der Waals surface area contributed by atoms with Crippen LogP contribution in [0.3, 0.4) is 0 Å². The molecule has 7 heteroatoms. The van der Waals surface area contributed by atoms with E-state index in [1.54, 1.807) is 42.5 Å². The van der Waals surface area contributed by atoms with Crippen molar-refractivity contribution in [1.82, 2.24) is 0 Å². The van der Waals surface area contributed by atoms with Gasteiger partial charge >= 0.3 is 0 Å². The SMILES string of the molecule is O=C(Nc1ccc2c(c1)OCO2)c1ccc(COc2ccccc2Cl)o1. The molecule has 1 N–H and O–H groups in total. The molecule has 1 amide bonds. The van der Waals surface area contributed by atoms with E-state index in [4.69, 9.17) is 30.2 Å². The van der Waals surface area contributed by atoms with Gasteiger partial charge in [-0.3, -0.25) is 4.79 Å². The maximum atomic E-state index is 12.3. The topological polar surface area (TPSA) is 69.9 Å². The molecule has 1 aromatic heterocycles. The summed E-state index contributed by atoms with van der Waals surface area (Å²) in [5.74, 6) is 2.13. The van der Waals surface area contributed by atoms with Crippen LogP contribution in [0.25, 0.3) is 0 Å². The summed E-state index contributed by atoms with van der Waals surface area (Å²) in [7, 11) is 0. The second-order valence-corrected chi connectivity index (χ2v) is 5.91. The van der Waals surface area contributed by atoms with Crippen molar-refractivity contribution in [3.05, 3.63) is 71.1 Å². The minimum atomic E-state index is -0.368. The van der Waals surface area contributed by atoms with Crippen molar-refractivity contribution in [1.29, 1.82) is 0 Å². The van der Waals surface area contributed by atoms with Crippen LogP contribution < -0.4 is 19.5 Å². The molecule has 0 unspecified atom stereocenters. The summed E-state index contributed by atoms with van der Waals surface area (Å²) >= 11 is 6.04. The molecule has 3 aromatic rings. The van der Waals surface area contributed by atoms with Gasteiger partial charge in [-0.1, -0.05) is 23.7 Å². The van der Waals surface area contributed by atoms with E-state index in [0.717, 1.165) is 0 Å². The molecule has 26 heavy (non-hydrogen) atoms. The largest absolute Gasteiger partial charge is 0.484 e. The quantitative estimate of drug-likeness (QED) is 0.715. The zero-order valence-corrected chi connectivity index (χ0v) is 14.3. The number of anilines is 1. The first-order chi connectivity index (χ1) is 12.7. The maximum absolute atomic E-state index is 12.3. The predicted molar refractivity (Wildman–Crippen MR) is 95.0 cm³/mol. The number of hydrogen-bond donors (Lipinski definition) is 1. The molecule has 0 bridgehead atoms. The molecule has 2 aromatic carbocycles. The lowest BCUT2D eigenvalue weighted by Gasteiger charge is -2.06. The molecule has 0 aliphatic carbocycles. The number of amides is 1. The lowest BCUT2D eigenvalue weighted by Crippen LogP contribution is -2.10. The Balaban J connectivity index is 1.39. The standard InChI is InChI=1S/C19H14ClNO5/c20-14-3-1-2-4-15(14)23-10-13-6-8-17(26-13)19(22)21-12-5-7-16-18(9-12)25-11-24-16/h1-9H,10-11H2,(H,21,22). The normalized spacial score (nSPS) is 12.0. The molecule has 132 valence electrons. The first kappa shape index (κ1) is 16.4. The molecule has 0 radical (unpaired) electrons. The number of carbonyl (C=O) groups excluding carboxylic acids is 1. The Hall–Kier alpha value is -3.12. The first-order valence-corrected chi connectivity index (χ1v) is 8.24. The molecule has 0 spiro atoms. The van der Waals surface area contributed by atoms with Crippen molar-refractivity contribution in [3.8, 4) is 17.2 Å². The first-order valence-electron chi connectivity index (χ1n) is 7.86. The van der Waals surface area contributed by atoms with E-state index >= 15 is 0 Å². The smallest absolute Gasteiger partial charge is 0.291 e. The predicted octanol–water partition coefficient (Wildman–Crippen LogP) is 4.49. The summed E-state index contributed by atoms with van der Waals surface area (Å²) < 4.78 is 21.7. The van der Waals surface area contributed by atoms with Gasteiger partial charge in [-0.25, -0.2) is 0 Å². The van der Waals surface area contributed by atoms with Gasteiger partial charge in [0.1, 0.15) is 18.1 Å². The van der Waals surface area contributed by atoms with Gasteiger partial charge in [-0.15, -0.1) is 0 Å². The van der Waals surface area contributed by atoms with Gasteiger partial charge in [0.2, 0.25) is 6.79 Å². The molecular weight excluding hydrogens is 358 g/mol. The van der Waals surface area contributed by atoms with Gasteiger partial charge in [0, 0.05) is 11.8 Å². The molecule has 0 fully saturated rings. The zero-order chi connectivity index (χ0) is 17.9. The number of furan rings is 1. The molecule has 0 saturated carbocycles. The summed E-state index contributed by atoms with van der Waals surface area (Å²) in [5, 5.41) is 3.27. The Kier molecular flexibility index (Phi) is 4.41. The summed E-state index contributed by atoms with van der Waals surface area (Å²) in [6, 6.07) is 15.6. The van der Waals surface area contributed by atoms with Crippen LogP contribution in [-0.4, -0.2) is 12.7 Å². The van der Waals surface area contributed by atoms with Crippen LogP contribution in [0.5, 0.6) is 17.2 Å². The van der Waals surface area contributed by atoms with Crippen LogP contribution in [-0.2, 0) is 6.61 Å². The van der Waals surface area contributed by atoms with Crippen LogP contribution in [0.15, 0.2) is 59.0 Å². The van der Waals surface area contributed by atoms with E-state index in [1.807, 2.05) is 12.1 Å². The van der Waals surface area contributed by atoms with E-state index in [1.165, 1.54) is 0 Å². The Morgan fingerprint density at radius 3 is 2.81 bits per heavy atom. The third-order valence-electron chi connectivity index (χ3n) is 3.72. The van der Waals surface area contributed by atoms with Gasteiger partial charge < -0.3 is 23.9 Å². The molecular formula is C19H14ClNO5. The fraction of sp³-hybridized carbons (Fsp3) is 0.105. The summed E-state index contributed by atoms with van der Waals surface area (Å²) in [5.41, 5.74) is 0.588. The van der Waals surface area contributed by atoms with Gasteiger partial charge in [0.25, 0.3) is 5.91 Å². The highest BCUT2D eigenvalue weighted by Gasteiger charge is 2.16. The average Bonchev–Trinajstić information content (AvgIpc) is 3.30. The number of ether oxygens (including phenoxy) is 3. The van der Waals surface area contributed by atoms with Crippen molar-refractivity contribution in [2.75, 3.05) is 12.1 Å². The lowest BCUT2D eigenvalue weighted by atomic mass is 10.2. The number of benzene rings is 2. The summed E-state index contributed by atoms with van der Waals surface area (Å²) in [6.45, 7) is 0.348. The number of halogens is 1. The average molecular weight is 372 g/mol. The van der Waals surface area contributed by atoms with Crippen LogP contribution in [0.4, 0.5) is 5.69 Å². The Bertz CT molecular complexity index is 953. The second kappa shape index (κ2) is 7.01. The van der Waals surface area contributed by atoms with Gasteiger partial charge in [-0.05, 0) is 36.4 Å². The number of hydrogen-bond acceptors (Lipinski definition) is 5. The number of fused-ring (bicyclic) bond motifs is 1. The highest BCUT2D eigenvalue weighted by Crippen LogP contribution is 2.34. The van der Waals surface area contributed by atoms with E-state index in [0.29, 0.717) is 33.7 Å². The van der Waals surface area contributed by atoms with E-state index in [-0.39, 0.29) is 25.1 Å². The number of rotatable bonds is 5. The van der Waals surface area contributed by atoms with Crippen LogP contribution in [0, 0.1) is 0 Å². The third-order valence-corrected chi connectivity index (χ3v) is 4.03. The summed E-state index contributed by atoms with van der Waals surface area (Å²) in [4.78, 5) is 12.3. The van der Waals surface area contributed by atoms with Gasteiger partial charge in [0.05, 0.1) is 5.02 Å². The van der Waals surface area contributed by atoms with Crippen LogP contribution in [0.1, 0.15) is 16.3 Å². The van der Waals surface area contributed by atoms with E-state index < -0.39 is 0 Å². The van der Waals surface area contributed by atoms with E-state index in [9.17, 15) is 4.79 Å². The molecule has 0 atom stereocenters. The highest BCUT2D eigenvalue weighted by molar-refractivity contribution is 6.32. The maximum Gasteiger partial charge on any atom is 0.291 e. The van der Waals surface area contributed by atoms with Crippen molar-refractivity contribution >= 4 is 23.2 Å². The van der Waals surface area contributed by atoms with Crippen LogP contribution >= 0.6 is 11.6 Å². The fourth-order valence-corrected chi connectivity index (χ4v) is 2.65. The monoisotopic (exact) mass is 371 g/mol. The number of para-hydroxylation sites is 1. The fourth-order valence-electron chi connectivity index (χ4n) is 2.46. The molecule has 1 aliphatic heterocycles. The molecule has 6 nitrogen and oxygen atoms in total. The van der Waals surface area contributed by atoms with Gasteiger partial charge in [0.15, 0.2) is 17.3 Å². The van der Waals surface area contributed by atoms with Crippen molar-refractivity contribution in [3.63, 3.8) is 0 Å². The Morgan fingerprint density at radius 2 is 1.92 bits per heavy atom. The minimum Gasteiger partial charge on any atom is -0.484 e. The number of nitrogens with one attached hydrogen (secondary N) is 1. The Morgan fingerprint density at radius 1 is 1.08 bits per heavy atom. The van der Waals surface area contributed by atoms with Crippen molar-refractivity contribution in [2.24, 2.45) is 0 Å². The molecule has 2 heterocycles. The molecule has 0 saturated heterocycles. The number of carbonyl (C=O) groups is 1. The van der Waals surface area contributed by atoms with Crippen molar-refractivity contribution in [2.45, 2.75) is 6.61 Å². The lowest BCUT2D eigenvalue weighted by molar-refractivity contribution is 0.0992.